The predicted molar refractivity (Wildman–Crippen MR) is 97.8 cm³/mol. The van der Waals surface area contributed by atoms with Crippen molar-refractivity contribution >= 4 is 46.0 Å². The largest absolute Gasteiger partial charge is 0.468 e. The van der Waals surface area contributed by atoms with Gasteiger partial charge in [-0.15, -0.1) is 10.2 Å². The molecule has 3 aromatic heterocycles. The first-order valence-electron chi connectivity index (χ1n) is 7.66. The van der Waals surface area contributed by atoms with Crippen LogP contribution in [-0.2, 0) is 9.53 Å². The number of esters is 1. The molecule has 26 heavy (non-hydrogen) atoms. The Balaban J connectivity index is 1.77. The average molecular weight is 389 g/mol. The Hall–Kier alpha value is -2.65. The lowest BCUT2D eigenvalue weighted by atomic mass is 10.3. The van der Waals surface area contributed by atoms with Crippen LogP contribution in [0.3, 0.4) is 0 Å². The molecule has 8 nitrogen and oxygen atoms in total. The van der Waals surface area contributed by atoms with Gasteiger partial charge in [0.2, 0.25) is 0 Å². The maximum absolute atomic E-state index is 11.6. The first kappa shape index (κ1) is 16.8. The van der Waals surface area contributed by atoms with Gasteiger partial charge in [-0.1, -0.05) is 23.4 Å². The molecule has 3 heterocycles. The second-order valence-corrected chi connectivity index (χ2v) is 7.22. The van der Waals surface area contributed by atoms with Crippen molar-refractivity contribution in [1.29, 1.82) is 0 Å². The van der Waals surface area contributed by atoms with E-state index in [-0.39, 0.29) is 5.97 Å². The molecule has 0 unspecified atom stereocenters. The number of hydrogen-bond acceptors (Lipinski definition) is 7. The van der Waals surface area contributed by atoms with E-state index in [2.05, 4.69) is 20.3 Å². The number of hydrogen-bond donors (Lipinski definition) is 0. The van der Waals surface area contributed by atoms with Gasteiger partial charge in [-0.2, -0.15) is 5.10 Å². The summed E-state index contributed by atoms with van der Waals surface area (Å²) in [7, 11) is 1.36. The van der Waals surface area contributed by atoms with Crippen LogP contribution in [0.15, 0.2) is 41.9 Å². The number of methoxy groups -OCH3 is 1. The summed E-state index contributed by atoms with van der Waals surface area (Å²) in [6, 6.07) is 7.32. The van der Waals surface area contributed by atoms with Gasteiger partial charge < -0.3 is 4.74 Å². The third-order valence-corrected chi connectivity index (χ3v) is 5.12. The van der Waals surface area contributed by atoms with E-state index in [0.717, 1.165) is 11.1 Å². The summed E-state index contributed by atoms with van der Waals surface area (Å²) in [6.45, 7) is 1.75. The number of thioether (sulfide) groups is 1. The average Bonchev–Trinajstić information content (AvgIpc) is 3.25. The molecule has 0 saturated heterocycles. The van der Waals surface area contributed by atoms with E-state index in [1.807, 2.05) is 12.1 Å². The number of aromatic nitrogens is 6. The van der Waals surface area contributed by atoms with Crippen molar-refractivity contribution < 1.29 is 9.53 Å². The second-order valence-electron chi connectivity index (χ2n) is 5.47. The maximum Gasteiger partial charge on any atom is 0.318 e. The fourth-order valence-electron chi connectivity index (χ4n) is 2.52. The third-order valence-electron chi connectivity index (χ3n) is 3.83. The maximum atomic E-state index is 11.6. The minimum Gasteiger partial charge on any atom is -0.468 e. The molecule has 0 saturated carbocycles. The van der Waals surface area contributed by atoms with Crippen LogP contribution in [-0.4, -0.2) is 47.7 Å². The summed E-state index contributed by atoms with van der Waals surface area (Å²) in [5, 5.41) is 14.4. The highest BCUT2D eigenvalue weighted by Crippen LogP contribution is 2.26. The van der Waals surface area contributed by atoms with Crippen LogP contribution < -0.4 is 0 Å². The Morgan fingerprint density at radius 1 is 1.23 bits per heavy atom. The smallest absolute Gasteiger partial charge is 0.318 e. The standard InChI is InChI=1S/C16H13ClN6O2S/c1-9(15(24)25-2)26-16-21-20-14-12-7-19-23(13(12)18-8-22(14)16)11-5-3-10(17)4-6-11/h3-9H,1-2H3/t9-/m1/s1. The molecule has 0 N–H and O–H groups in total. The van der Waals surface area contributed by atoms with Crippen LogP contribution in [0.1, 0.15) is 6.92 Å². The van der Waals surface area contributed by atoms with Gasteiger partial charge in [-0.25, -0.2) is 9.67 Å². The third kappa shape index (κ3) is 2.78. The molecule has 0 aliphatic rings. The van der Waals surface area contributed by atoms with Crippen molar-refractivity contribution in [2.75, 3.05) is 7.11 Å². The molecule has 4 aromatic rings. The Morgan fingerprint density at radius 2 is 2.00 bits per heavy atom. The van der Waals surface area contributed by atoms with E-state index in [4.69, 9.17) is 16.3 Å². The van der Waals surface area contributed by atoms with E-state index < -0.39 is 5.25 Å². The summed E-state index contributed by atoms with van der Waals surface area (Å²) in [6.07, 6.45) is 3.32. The number of rotatable bonds is 4. The number of benzene rings is 1. The zero-order valence-electron chi connectivity index (χ0n) is 13.8. The molecule has 4 rings (SSSR count). The second kappa shape index (κ2) is 6.58. The molecule has 132 valence electrons. The number of nitrogens with zero attached hydrogens (tertiary/aromatic N) is 6. The van der Waals surface area contributed by atoms with Crippen LogP contribution in [0.2, 0.25) is 5.02 Å². The molecule has 0 spiro atoms. The number of carbonyl (C=O) groups is 1. The lowest BCUT2D eigenvalue weighted by Crippen LogP contribution is -2.15. The van der Waals surface area contributed by atoms with E-state index in [1.54, 1.807) is 40.7 Å². The molecule has 10 heteroatoms. The first-order chi connectivity index (χ1) is 12.6. The molecule has 1 aromatic carbocycles. The molecule has 0 aliphatic carbocycles. The van der Waals surface area contributed by atoms with Crippen LogP contribution in [0.4, 0.5) is 0 Å². The minimum atomic E-state index is -0.403. The predicted octanol–water partition coefficient (Wildman–Crippen LogP) is 2.77. The van der Waals surface area contributed by atoms with Gasteiger partial charge in [0.05, 0.1) is 24.4 Å². The molecule has 0 aliphatic heterocycles. The normalized spacial score (nSPS) is 12.6. The highest BCUT2D eigenvalue weighted by Gasteiger charge is 2.20. The first-order valence-corrected chi connectivity index (χ1v) is 8.92. The Morgan fingerprint density at radius 3 is 2.73 bits per heavy atom. The van der Waals surface area contributed by atoms with Crippen molar-refractivity contribution in [2.45, 2.75) is 17.3 Å². The van der Waals surface area contributed by atoms with Gasteiger partial charge >= 0.3 is 5.97 Å². The Labute approximate surface area is 157 Å². The lowest BCUT2D eigenvalue weighted by molar-refractivity contribution is -0.139. The van der Waals surface area contributed by atoms with E-state index in [0.29, 0.717) is 21.5 Å². The zero-order chi connectivity index (χ0) is 18.3. The Kier molecular flexibility index (Phi) is 4.25. The lowest BCUT2D eigenvalue weighted by Gasteiger charge is -2.07. The van der Waals surface area contributed by atoms with Gasteiger partial charge in [-0.3, -0.25) is 9.20 Å². The highest BCUT2D eigenvalue weighted by atomic mass is 35.5. The Bertz CT molecular complexity index is 1110. The summed E-state index contributed by atoms with van der Waals surface area (Å²) >= 11 is 7.20. The van der Waals surface area contributed by atoms with Gasteiger partial charge in [0, 0.05) is 5.02 Å². The SMILES string of the molecule is COC(=O)[C@@H](C)Sc1nnc2c3cnn(-c4ccc(Cl)cc4)c3ncn12. The molecular formula is C16H13ClN6O2S. The van der Waals surface area contributed by atoms with Crippen molar-refractivity contribution in [1.82, 2.24) is 29.4 Å². The molecule has 0 fully saturated rings. The van der Waals surface area contributed by atoms with Crippen LogP contribution in [0.5, 0.6) is 0 Å². The van der Waals surface area contributed by atoms with Crippen molar-refractivity contribution in [3.63, 3.8) is 0 Å². The molecule has 0 amide bonds. The van der Waals surface area contributed by atoms with E-state index >= 15 is 0 Å². The fraction of sp³-hybridized carbons (Fsp3) is 0.188. The van der Waals surface area contributed by atoms with Crippen molar-refractivity contribution in [3.8, 4) is 5.69 Å². The summed E-state index contributed by atoms with van der Waals surface area (Å²) in [5.41, 5.74) is 2.12. The summed E-state index contributed by atoms with van der Waals surface area (Å²) in [4.78, 5) is 16.1. The number of fused-ring (bicyclic) bond motifs is 3. The van der Waals surface area contributed by atoms with Gasteiger partial charge in [0.1, 0.15) is 11.6 Å². The fourth-order valence-corrected chi connectivity index (χ4v) is 3.49. The van der Waals surface area contributed by atoms with E-state index in [1.165, 1.54) is 18.9 Å². The van der Waals surface area contributed by atoms with Crippen molar-refractivity contribution in [3.05, 3.63) is 41.8 Å². The minimum absolute atomic E-state index is 0.323. The van der Waals surface area contributed by atoms with Crippen LogP contribution >= 0.6 is 23.4 Å². The zero-order valence-corrected chi connectivity index (χ0v) is 15.4. The number of halogens is 1. The van der Waals surface area contributed by atoms with Gasteiger partial charge in [-0.05, 0) is 31.2 Å². The van der Waals surface area contributed by atoms with Crippen molar-refractivity contribution in [2.24, 2.45) is 0 Å². The molecule has 0 bridgehead atoms. The molecular weight excluding hydrogens is 376 g/mol. The molecule has 1 atom stereocenters. The van der Waals surface area contributed by atoms with Gasteiger partial charge in [0.25, 0.3) is 0 Å². The van der Waals surface area contributed by atoms with Crippen LogP contribution in [0, 0.1) is 0 Å². The highest BCUT2D eigenvalue weighted by molar-refractivity contribution is 8.00. The van der Waals surface area contributed by atoms with E-state index in [9.17, 15) is 4.79 Å². The van der Waals surface area contributed by atoms with Gasteiger partial charge in [0.15, 0.2) is 16.5 Å². The number of ether oxygens (including phenoxy) is 1. The summed E-state index contributed by atoms with van der Waals surface area (Å²) < 4.78 is 8.20. The quantitative estimate of drug-likeness (QED) is 0.392. The number of carbonyl (C=O) groups excluding carboxylic acids is 1. The van der Waals surface area contributed by atoms with Crippen LogP contribution in [0.25, 0.3) is 22.4 Å². The topological polar surface area (TPSA) is 87.2 Å². The molecule has 0 radical (unpaired) electrons. The summed E-state index contributed by atoms with van der Waals surface area (Å²) in [5.74, 6) is -0.323. The monoisotopic (exact) mass is 388 g/mol.